The molecule has 1 aromatic heterocycles. The van der Waals surface area contributed by atoms with Gasteiger partial charge in [-0.2, -0.15) is 0 Å². The van der Waals surface area contributed by atoms with E-state index in [2.05, 4.69) is 9.88 Å². The van der Waals surface area contributed by atoms with Crippen LogP contribution in [0.2, 0.25) is 0 Å². The first-order valence-corrected chi connectivity index (χ1v) is 11.0. The third-order valence-corrected chi connectivity index (χ3v) is 5.81. The minimum absolute atomic E-state index is 0.0759. The number of imidazole rings is 1. The number of para-hydroxylation sites is 3. The summed E-state index contributed by atoms with van der Waals surface area (Å²) in [5.41, 5.74) is 3.76. The molecular formula is C26H26N4O2. The molecule has 0 bridgehead atoms. The van der Waals surface area contributed by atoms with Gasteiger partial charge in [0.05, 0.1) is 11.0 Å². The maximum Gasteiger partial charge on any atom is 0.253 e. The molecule has 1 saturated heterocycles. The van der Waals surface area contributed by atoms with Crippen LogP contribution in [0.15, 0.2) is 78.9 Å². The monoisotopic (exact) mass is 426 g/mol. The van der Waals surface area contributed by atoms with Gasteiger partial charge in [-0.05, 0) is 48.4 Å². The van der Waals surface area contributed by atoms with Gasteiger partial charge < -0.3 is 19.5 Å². The second-order valence-corrected chi connectivity index (χ2v) is 8.01. The maximum atomic E-state index is 13.1. The molecule has 1 aliphatic rings. The fourth-order valence-corrected chi connectivity index (χ4v) is 4.03. The van der Waals surface area contributed by atoms with Gasteiger partial charge in [-0.25, -0.2) is 4.98 Å². The summed E-state index contributed by atoms with van der Waals surface area (Å²) in [5, 5.41) is 0. The molecule has 6 heteroatoms. The van der Waals surface area contributed by atoms with E-state index in [0.29, 0.717) is 18.7 Å². The van der Waals surface area contributed by atoms with Crippen LogP contribution in [0.25, 0.3) is 11.0 Å². The fourth-order valence-electron chi connectivity index (χ4n) is 4.03. The Morgan fingerprint density at radius 1 is 0.875 bits per heavy atom. The van der Waals surface area contributed by atoms with Crippen molar-refractivity contribution in [3.8, 4) is 5.75 Å². The van der Waals surface area contributed by atoms with Crippen molar-refractivity contribution in [3.63, 3.8) is 0 Å². The summed E-state index contributed by atoms with van der Waals surface area (Å²) in [6.45, 7) is 3.53. The first-order valence-electron chi connectivity index (χ1n) is 11.0. The number of nitrogens with zero attached hydrogens (tertiary/aromatic N) is 3. The third kappa shape index (κ3) is 4.44. The highest BCUT2D eigenvalue weighted by molar-refractivity contribution is 5.94. The van der Waals surface area contributed by atoms with E-state index >= 15 is 0 Å². The lowest BCUT2D eigenvalue weighted by molar-refractivity contribution is 0.0767. The molecular weight excluding hydrogens is 400 g/mol. The van der Waals surface area contributed by atoms with Gasteiger partial charge in [-0.15, -0.1) is 0 Å². The highest BCUT2D eigenvalue weighted by atomic mass is 16.5. The normalized spacial score (nSPS) is 14.4. The Morgan fingerprint density at radius 3 is 2.47 bits per heavy atom. The van der Waals surface area contributed by atoms with Crippen molar-refractivity contribution >= 4 is 22.9 Å². The van der Waals surface area contributed by atoms with Crippen LogP contribution in [0.1, 0.15) is 22.3 Å². The number of anilines is 1. The van der Waals surface area contributed by atoms with Crippen LogP contribution < -0.4 is 9.64 Å². The smallest absolute Gasteiger partial charge is 0.253 e. The van der Waals surface area contributed by atoms with Crippen molar-refractivity contribution in [2.45, 2.75) is 13.0 Å². The number of ether oxygens (including phenoxy) is 1. The number of aromatic nitrogens is 2. The number of fused-ring (bicyclic) bond motifs is 1. The van der Waals surface area contributed by atoms with Gasteiger partial charge in [0.1, 0.15) is 12.4 Å². The second kappa shape index (κ2) is 9.14. The Labute approximate surface area is 187 Å². The number of carbonyl (C=O) groups excluding carboxylic acids is 1. The largest absolute Gasteiger partial charge is 0.489 e. The van der Waals surface area contributed by atoms with E-state index in [9.17, 15) is 4.79 Å². The number of aromatic amines is 1. The molecule has 1 N–H and O–H groups in total. The number of nitrogens with one attached hydrogen (secondary N) is 1. The van der Waals surface area contributed by atoms with E-state index < -0.39 is 0 Å². The first-order chi connectivity index (χ1) is 15.8. The topological polar surface area (TPSA) is 61.5 Å². The Kier molecular flexibility index (Phi) is 5.75. The predicted octanol–water partition coefficient (Wildman–Crippen LogP) is 4.49. The van der Waals surface area contributed by atoms with Crippen LogP contribution in [0.5, 0.6) is 5.75 Å². The van der Waals surface area contributed by atoms with Crippen molar-refractivity contribution in [1.29, 1.82) is 0 Å². The van der Waals surface area contributed by atoms with E-state index in [1.807, 2.05) is 83.8 Å². The summed E-state index contributed by atoms with van der Waals surface area (Å²) in [4.78, 5) is 25.4. The standard InChI is InChI=1S/C26H26N4O2/c31-25(21-13-11-20(12-14-21)19-32-22-7-2-1-3-8-22)29-15-6-16-30(18-17-29)26-27-23-9-4-5-10-24(23)28-26/h1-5,7-14H,6,15-19H2,(H,27,28). The van der Waals surface area contributed by atoms with E-state index in [1.165, 1.54) is 0 Å². The first kappa shape index (κ1) is 20.1. The highest BCUT2D eigenvalue weighted by Gasteiger charge is 2.22. The second-order valence-electron chi connectivity index (χ2n) is 8.01. The molecule has 5 rings (SSSR count). The van der Waals surface area contributed by atoms with Crippen LogP contribution in [0, 0.1) is 0 Å². The van der Waals surface area contributed by atoms with Gasteiger partial charge in [0.15, 0.2) is 0 Å². The molecule has 1 aliphatic heterocycles. The lowest BCUT2D eigenvalue weighted by Gasteiger charge is -2.22. The molecule has 0 radical (unpaired) electrons. The number of rotatable bonds is 5. The van der Waals surface area contributed by atoms with Crippen molar-refractivity contribution < 1.29 is 9.53 Å². The zero-order valence-electron chi connectivity index (χ0n) is 17.9. The summed E-state index contributed by atoms with van der Waals surface area (Å²) < 4.78 is 5.79. The molecule has 0 aliphatic carbocycles. The van der Waals surface area contributed by atoms with Gasteiger partial charge in [0, 0.05) is 31.7 Å². The van der Waals surface area contributed by atoms with Crippen LogP contribution in [-0.4, -0.2) is 47.0 Å². The molecule has 1 fully saturated rings. The number of hydrogen-bond acceptors (Lipinski definition) is 4. The summed E-state index contributed by atoms with van der Waals surface area (Å²) in [7, 11) is 0. The highest BCUT2D eigenvalue weighted by Crippen LogP contribution is 2.19. The van der Waals surface area contributed by atoms with Gasteiger partial charge >= 0.3 is 0 Å². The van der Waals surface area contributed by atoms with Gasteiger partial charge in [-0.3, -0.25) is 4.79 Å². The van der Waals surface area contributed by atoms with E-state index in [4.69, 9.17) is 9.72 Å². The Morgan fingerprint density at radius 2 is 1.66 bits per heavy atom. The Bertz CT molecular complexity index is 1150. The van der Waals surface area contributed by atoms with E-state index in [-0.39, 0.29) is 5.91 Å². The number of amides is 1. The van der Waals surface area contributed by atoms with Crippen molar-refractivity contribution in [3.05, 3.63) is 90.0 Å². The summed E-state index contributed by atoms with van der Waals surface area (Å²) >= 11 is 0. The van der Waals surface area contributed by atoms with Crippen LogP contribution in [0.3, 0.4) is 0 Å². The average Bonchev–Trinajstić information content (AvgIpc) is 3.13. The van der Waals surface area contributed by atoms with Crippen molar-refractivity contribution in [1.82, 2.24) is 14.9 Å². The van der Waals surface area contributed by atoms with E-state index in [0.717, 1.165) is 54.3 Å². The van der Waals surface area contributed by atoms with Gasteiger partial charge in [0.2, 0.25) is 5.95 Å². The fraction of sp³-hybridized carbons (Fsp3) is 0.231. The Hall–Kier alpha value is -3.80. The molecule has 2 heterocycles. The quantitative estimate of drug-likeness (QED) is 0.511. The number of H-pyrrole nitrogens is 1. The molecule has 162 valence electrons. The van der Waals surface area contributed by atoms with E-state index in [1.54, 1.807) is 0 Å². The zero-order chi connectivity index (χ0) is 21.8. The third-order valence-electron chi connectivity index (χ3n) is 5.81. The van der Waals surface area contributed by atoms with Crippen LogP contribution in [0.4, 0.5) is 5.95 Å². The zero-order valence-corrected chi connectivity index (χ0v) is 17.9. The molecule has 0 unspecified atom stereocenters. The lowest BCUT2D eigenvalue weighted by atomic mass is 10.1. The molecule has 0 saturated carbocycles. The maximum absolute atomic E-state index is 13.1. The molecule has 6 nitrogen and oxygen atoms in total. The van der Waals surface area contributed by atoms with Crippen molar-refractivity contribution in [2.75, 3.05) is 31.1 Å². The SMILES string of the molecule is O=C(c1ccc(COc2ccccc2)cc1)N1CCCN(c2nc3ccccc3[nH]2)CC1. The van der Waals surface area contributed by atoms with Crippen LogP contribution in [-0.2, 0) is 6.61 Å². The molecule has 0 atom stereocenters. The van der Waals surface area contributed by atoms with Crippen LogP contribution >= 0.6 is 0 Å². The minimum Gasteiger partial charge on any atom is -0.489 e. The summed E-state index contributed by atoms with van der Waals surface area (Å²) in [5.74, 6) is 1.79. The number of carbonyl (C=O) groups is 1. The predicted molar refractivity (Wildman–Crippen MR) is 126 cm³/mol. The minimum atomic E-state index is 0.0759. The van der Waals surface area contributed by atoms with Gasteiger partial charge in [-0.1, -0.05) is 42.5 Å². The molecule has 3 aromatic carbocycles. The Balaban J connectivity index is 1.20. The molecule has 0 spiro atoms. The average molecular weight is 427 g/mol. The number of benzene rings is 3. The molecule has 4 aromatic rings. The summed E-state index contributed by atoms with van der Waals surface area (Å²) in [6, 6.07) is 25.5. The molecule has 1 amide bonds. The number of hydrogen-bond donors (Lipinski definition) is 1. The summed E-state index contributed by atoms with van der Waals surface area (Å²) in [6.07, 6.45) is 0.909. The van der Waals surface area contributed by atoms with Crippen molar-refractivity contribution in [2.24, 2.45) is 0 Å². The lowest BCUT2D eigenvalue weighted by Crippen LogP contribution is -2.35. The molecule has 32 heavy (non-hydrogen) atoms. The van der Waals surface area contributed by atoms with Gasteiger partial charge in [0.25, 0.3) is 5.91 Å².